The van der Waals surface area contributed by atoms with Gasteiger partial charge < -0.3 is 10.6 Å². The molecule has 1 aliphatic rings. The Bertz CT molecular complexity index is 1280. The lowest BCUT2D eigenvalue weighted by Crippen LogP contribution is -2.41. The number of carbonyl (C=O) groups excluding carboxylic acids is 2. The fourth-order valence-electron chi connectivity index (χ4n) is 3.21. The summed E-state index contributed by atoms with van der Waals surface area (Å²) < 4.78 is 29.4. The number of rotatable bonds is 8. The van der Waals surface area contributed by atoms with Crippen LogP contribution in [0.25, 0.3) is 11.4 Å². The number of hydrogen-bond acceptors (Lipinski definition) is 7. The summed E-state index contributed by atoms with van der Waals surface area (Å²) in [6.07, 6.45) is 2.06. The van der Waals surface area contributed by atoms with Crippen LogP contribution in [-0.4, -0.2) is 46.5 Å². The molecule has 1 fully saturated rings. The minimum Gasteiger partial charge on any atom is -0.326 e. The minimum atomic E-state index is -3.95. The molecule has 1 aliphatic carbocycles. The first-order valence-corrected chi connectivity index (χ1v) is 11.8. The van der Waals surface area contributed by atoms with E-state index in [2.05, 4.69) is 30.9 Å². The Kier molecular flexibility index (Phi) is 6.20. The van der Waals surface area contributed by atoms with Gasteiger partial charge in [0.1, 0.15) is 0 Å². The van der Waals surface area contributed by atoms with Gasteiger partial charge in [-0.2, -0.15) is 4.72 Å². The van der Waals surface area contributed by atoms with Crippen molar-refractivity contribution in [3.8, 4) is 11.4 Å². The lowest BCUT2D eigenvalue weighted by molar-refractivity contribution is -0.117. The third-order valence-electron chi connectivity index (χ3n) is 4.98. The summed E-state index contributed by atoms with van der Waals surface area (Å²) in [5, 5.41) is 17.1. The Balaban J connectivity index is 1.42. The number of aromatic nitrogens is 4. The van der Waals surface area contributed by atoms with Crippen molar-refractivity contribution in [3.63, 3.8) is 0 Å². The molecule has 0 radical (unpaired) electrons. The summed E-state index contributed by atoms with van der Waals surface area (Å²) in [7, 11) is -3.95. The zero-order valence-electron chi connectivity index (χ0n) is 18.0. The quantitative estimate of drug-likeness (QED) is 0.456. The maximum Gasteiger partial charge on any atom is 0.242 e. The predicted octanol–water partition coefficient (Wildman–Crippen LogP) is 1.94. The molecule has 0 aliphatic heterocycles. The second-order valence-electron chi connectivity index (χ2n) is 7.80. The molecule has 11 nitrogen and oxygen atoms in total. The van der Waals surface area contributed by atoms with Crippen molar-refractivity contribution >= 4 is 33.2 Å². The number of nitrogens with one attached hydrogen (secondary N) is 3. The molecule has 1 aromatic heterocycles. The Hall–Kier alpha value is -3.64. The third kappa shape index (κ3) is 5.41. The van der Waals surface area contributed by atoms with Gasteiger partial charge in [0, 0.05) is 23.9 Å². The van der Waals surface area contributed by atoms with Crippen molar-refractivity contribution in [2.24, 2.45) is 0 Å². The molecular formula is C21H23N7O4S. The number of tetrazole rings is 1. The first-order chi connectivity index (χ1) is 15.7. The normalized spacial score (nSPS) is 14.5. The highest BCUT2D eigenvalue weighted by Crippen LogP contribution is 2.36. The minimum absolute atomic E-state index is 0.0230. The van der Waals surface area contributed by atoms with E-state index in [9.17, 15) is 18.0 Å². The van der Waals surface area contributed by atoms with Crippen LogP contribution in [0.5, 0.6) is 0 Å². The second-order valence-corrected chi connectivity index (χ2v) is 9.51. The molecule has 0 saturated heterocycles. The maximum atomic E-state index is 12.6. The Labute approximate surface area is 190 Å². The Morgan fingerprint density at radius 1 is 1.06 bits per heavy atom. The fraction of sp³-hybridized carbons (Fsp3) is 0.286. The maximum absolute atomic E-state index is 12.6. The molecule has 1 saturated carbocycles. The standard InChI is InChI=1S/C21H23N7O4S/c1-13(25-33(31,32)19-10-6-16(7-11-19)22-14(2)29)21(30)23-17-5-3-4-15(12-17)20-24-26-27-28(20)18-8-9-18/h3-7,10-13,18,25H,8-9H2,1-2H3,(H,22,29)(H,23,30)/t13-/m0/s1. The average molecular weight is 470 g/mol. The molecule has 3 aromatic rings. The van der Waals surface area contributed by atoms with Gasteiger partial charge in [0.15, 0.2) is 5.82 Å². The van der Waals surface area contributed by atoms with Gasteiger partial charge in [0.05, 0.1) is 17.0 Å². The number of sulfonamides is 1. The highest BCUT2D eigenvalue weighted by molar-refractivity contribution is 7.89. The van der Waals surface area contributed by atoms with Gasteiger partial charge >= 0.3 is 0 Å². The van der Waals surface area contributed by atoms with E-state index in [4.69, 9.17) is 0 Å². The van der Waals surface area contributed by atoms with Crippen molar-refractivity contribution in [1.29, 1.82) is 0 Å². The molecule has 0 unspecified atom stereocenters. The second kappa shape index (κ2) is 9.08. The lowest BCUT2D eigenvalue weighted by atomic mass is 10.2. The van der Waals surface area contributed by atoms with E-state index in [1.54, 1.807) is 22.9 Å². The van der Waals surface area contributed by atoms with Crippen LogP contribution in [0.4, 0.5) is 11.4 Å². The van der Waals surface area contributed by atoms with Crippen molar-refractivity contribution in [2.75, 3.05) is 10.6 Å². The predicted molar refractivity (Wildman–Crippen MR) is 121 cm³/mol. The molecule has 0 spiro atoms. The van der Waals surface area contributed by atoms with Crippen LogP contribution in [0, 0.1) is 0 Å². The first kappa shape index (κ1) is 22.6. The highest BCUT2D eigenvalue weighted by atomic mass is 32.2. The monoisotopic (exact) mass is 469 g/mol. The number of hydrogen-bond donors (Lipinski definition) is 3. The first-order valence-electron chi connectivity index (χ1n) is 10.3. The summed E-state index contributed by atoms with van der Waals surface area (Å²) in [5.41, 5.74) is 1.71. The van der Waals surface area contributed by atoms with Crippen molar-refractivity contribution < 1.29 is 18.0 Å². The number of carbonyl (C=O) groups is 2. The summed E-state index contributed by atoms with van der Waals surface area (Å²) in [6, 6.07) is 12.0. The van der Waals surface area contributed by atoms with Crippen LogP contribution in [0.15, 0.2) is 53.4 Å². The molecule has 1 heterocycles. The highest BCUT2D eigenvalue weighted by Gasteiger charge is 2.28. The molecular weight excluding hydrogens is 446 g/mol. The number of amides is 2. The molecule has 12 heteroatoms. The summed E-state index contributed by atoms with van der Waals surface area (Å²) >= 11 is 0. The molecule has 1 atom stereocenters. The van der Waals surface area contributed by atoms with Gasteiger partial charge in [-0.3, -0.25) is 9.59 Å². The van der Waals surface area contributed by atoms with E-state index >= 15 is 0 Å². The van der Waals surface area contributed by atoms with Gasteiger partial charge in [-0.05, 0) is 66.6 Å². The zero-order valence-corrected chi connectivity index (χ0v) is 18.8. The number of benzene rings is 2. The number of nitrogens with zero attached hydrogens (tertiary/aromatic N) is 4. The summed E-state index contributed by atoms with van der Waals surface area (Å²) in [6.45, 7) is 2.81. The van der Waals surface area contributed by atoms with Crippen molar-refractivity contribution in [1.82, 2.24) is 24.9 Å². The smallest absolute Gasteiger partial charge is 0.242 e. The lowest BCUT2D eigenvalue weighted by Gasteiger charge is -2.15. The summed E-state index contributed by atoms with van der Waals surface area (Å²) in [4.78, 5) is 23.7. The van der Waals surface area contributed by atoms with Gasteiger partial charge in [-0.1, -0.05) is 12.1 Å². The van der Waals surface area contributed by atoms with Crippen LogP contribution in [0.1, 0.15) is 32.7 Å². The molecule has 0 bridgehead atoms. The van der Waals surface area contributed by atoms with E-state index in [1.165, 1.54) is 38.1 Å². The van der Waals surface area contributed by atoms with Crippen LogP contribution in [0.3, 0.4) is 0 Å². The van der Waals surface area contributed by atoms with Gasteiger partial charge in [0.2, 0.25) is 21.8 Å². The Morgan fingerprint density at radius 3 is 2.45 bits per heavy atom. The van der Waals surface area contributed by atoms with Gasteiger partial charge in [-0.15, -0.1) is 5.10 Å². The SMILES string of the molecule is CC(=O)Nc1ccc(S(=O)(=O)N[C@@H](C)C(=O)Nc2cccc(-c3nnnn3C3CC3)c2)cc1. The van der Waals surface area contributed by atoms with E-state index in [0.717, 1.165) is 18.4 Å². The third-order valence-corrected chi connectivity index (χ3v) is 6.54. The molecule has 4 rings (SSSR count). The topological polar surface area (TPSA) is 148 Å². The van der Waals surface area contributed by atoms with Gasteiger partial charge in [0.25, 0.3) is 0 Å². The van der Waals surface area contributed by atoms with Crippen LogP contribution in [0.2, 0.25) is 0 Å². The van der Waals surface area contributed by atoms with Crippen molar-refractivity contribution in [2.45, 2.75) is 43.7 Å². The number of anilines is 2. The molecule has 2 aromatic carbocycles. The van der Waals surface area contributed by atoms with Crippen LogP contribution < -0.4 is 15.4 Å². The van der Waals surface area contributed by atoms with Crippen LogP contribution in [-0.2, 0) is 19.6 Å². The fourth-order valence-corrected chi connectivity index (χ4v) is 4.41. The van der Waals surface area contributed by atoms with E-state index < -0.39 is 22.0 Å². The molecule has 172 valence electrons. The van der Waals surface area contributed by atoms with E-state index in [-0.39, 0.29) is 10.8 Å². The van der Waals surface area contributed by atoms with Crippen molar-refractivity contribution in [3.05, 3.63) is 48.5 Å². The zero-order chi connectivity index (χ0) is 23.6. The Morgan fingerprint density at radius 2 is 1.79 bits per heavy atom. The van der Waals surface area contributed by atoms with E-state index in [0.29, 0.717) is 23.2 Å². The average Bonchev–Trinajstić information content (AvgIpc) is 3.49. The van der Waals surface area contributed by atoms with Gasteiger partial charge in [-0.25, -0.2) is 13.1 Å². The molecule has 3 N–H and O–H groups in total. The van der Waals surface area contributed by atoms with E-state index in [1.807, 2.05) is 6.07 Å². The van der Waals surface area contributed by atoms with Crippen LogP contribution >= 0.6 is 0 Å². The summed E-state index contributed by atoms with van der Waals surface area (Å²) in [5.74, 6) is -0.167. The molecule has 33 heavy (non-hydrogen) atoms. The molecule has 2 amide bonds. The largest absolute Gasteiger partial charge is 0.326 e.